The van der Waals surface area contributed by atoms with E-state index in [9.17, 15) is 77.9 Å². The zero-order chi connectivity index (χ0) is 86.5. The number of halogens is 12. The number of carbonyl (C=O) groups excluding carboxylic acids is 8. The molecule has 0 radical (unpaired) electrons. The molecule has 13 aromatic rings. The zero-order valence-corrected chi connectivity index (χ0v) is 82.7. The number of nitrogen functional groups attached to an aromatic ring is 1. The summed E-state index contributed by atoms with van der Waals surface area (Å²) in [6.07, 6.45) is -15.6. The number of anilines is 3. The van der Waals surface area contributed by atoms with Crippen LogP contribution in [0.15, 0.2) is 192 Å². The van der Waals surface area contributed by atoms with E-state index in [0.29, 0.717) is 57.5 Å². The maximum atomic E-state index is 13.1. The van der Waals surface area contributed by atoms with E-state index in [1.165, 1.54) is 59.1 Å². The van der Waals surface area contributed by atoms with Crippen molar-refractivity contribution in [3.05, 3.63) is 246 Å². The third-order valence-electron chi connectivity index (χ3n) is 16.3. The van der Waals surface area contributed by atoms with Gasteiger partial charge in [-0.05, 0) is 129 Å². The van der Waals surface area contributed by atoms with Crippen LogP contribution in [-0.4, -0.2) is 91.7 Å². The van der Waals surface area contributed by atoms with Crippen LogP contribution in [0.1, 0.15) is 83.2 Å². The number of carboxylic acids is 1. The van der Waals surface area contributed by atoms with Crippen LogP contribution in [0.3, 0.4) is 0 Å². The van der Waals surface area contributed by atoms with Crippen LogP contribution in [-0.2, 0) is 77.9 Å². The molecule has 1 aliphatic rings. The Morgan fingerprint density at radius 2 is 1.02 bits per heavy atom. The number of Topliss-reactive ketones (excluding diaryl/α,β-unsaturated/α-hetero) is 2. The van der Waals surface area contributed by atoms with Gasteiger partial charge >= 0.3 is 180 Å². The fraction of sp³-hybridized carbons (Fsp3) is 0.165. The molecule has 4 amide bonds. The normalized spacial score (nSPS) is 11.8. The molecule has 0 aliphatic carbocycles. The molecule has 121 heavy (non-hydrogen) atoms. The first-order valence-electron chi connectivity index (χ1n) is 34.0. The number of ketones is 2. The number of hydrogen-bond donors (Lipinski definition) is 4. The summed E-state index contributed by atoms with van der Waals surface area (Å²) in [5, 5.41) is 29.9. The number of carbonyl (C=O) groups is 9. The van der Waals surface area contributed by atoms with Crippen molar-refractivity contribution in [3.63, 3.8) is 0 Å². The van der Waals surface area contributed by atoms with Crippen molar-refractivity contribution < 1.29 is 251 Å². The van der Waals surface area contributed by atoms with Gasteiger partial charge in [-0.3, -0.25) is 29.3 Å². The molecule has 1 unspecified atom stereocenters. The summed E-state index contributed by atoms with van der Waals surface area (Å²) >= 11 is 22.9. The largest absolute Gasteiger partial charge is 1.00 e. The summed E-state index contributed by atoms with van der Waals surface area (Å²) < 4.78 is 131. The van der Waals surface area contributed by atoms with Crippen LogP contribution in [0.2, 0.25) is 0 Å². The molecule has 4 aromatic carbocycles. The third-order valence-corrected chi connectivity index (χ3v) is 22.7. The van der Waals surface area contributed by atoms with E-state index in [1.807, 2.05) is 107 Å². The molecule has 0 fully saturated rings. The van der Waals surface area contributed by atoms with Crippen molar-refractivity contribution in [2.24, 2.45) is 5.92 Å². The number of ether oxygens (including phenoxy) is 3. The minimum atomic E-state index is -4.57. The molecule has 622 valence electrons. The number of imide groups is 1. The molecular weight excluding hydrogens is 2020 g/mol. The number of benzene rings is 4. The molecule has 0 saturated heterocycles. The molecular formula is C79H59Cl3Cs2F9N7O15S6. The summed E-state index contributed by atoms with van der Waals surface area (Å²) in [5.41, 5.74) is 7.35. The number of aromatic nitrogens is 3. The van der Waals surface area contributed by atoms with Gasteiger partial charge in [-0.15, -0.1) is 68.0 Å². The van der Waals surface area contributed by atoms with Gasteiger partial charge in [-0.25, -0.2) is 39.0 Å². The Hall–Kier alpha value is -7.16. The average molecular weight is 2080 g/mol. The Bertz CT molecular complexity index is 5780. The molecule has 42 heteroatoms. The number of carboxylic acid groups (broad SMARTS) is 1. The Morgan fingerprint density at radius 1 is 0.579 bits per heavy atom. The van der Waals surface area contributed by atoms with Gasteiger partial charge in [0.1, 0.15) is 27.1 Å². The molecule has 0 saturated carbocycles. The zero-order valence-electron chi connectivity index (χ0n) is 64.0. The van der Waals surface area contributed by atoms with Gasteiger partial charge in [-0.2, -0.15) is 39.5 Å². The number of amides is 4. The minimum absolute atomic E-state index is 0. The molecule has 1 atom stereocenters. The van der Waals surface area contributed by atoms with Gasteiger partial charge in [-0.1, -0.05) is 128 Å². The van der Waals surface area contributed by atoms with Crippen molar-refractivity contribution in [2.75, 3.05) is 28.1 Å². The first kappa shape index (κ1) is 101. The standard InChI is InChI=1S/C22H14ClF3N2O3S2.C21H11F3N2O2S2.C20H13F3N2OS2.C13H17NO4.C2H2Cl2O2.CH2O3.2Cs.H/c23-11-31-21(30)28-18-14-6-7-15(17-5-2-8-32-17)27-20(14)33-19(18)16(29)10-12-3-1-4-13(9-12)22(24,25)26;22-21(23,24)11-3-1-4-12(9-11)26-17(27)10-14-13-6-7-15(16-5-2-8-29-16)25-19(13)30-18(14)20(26)28;21-20(22,23)12-4-1-3-11(9-12)10-15(26)18-17(24)13-6-7-14(25-19(13)28-18)16-5-2-8-27-16;1-9(2)11(12(15)16)14-13(17)18-8-10-6-4-3-5-7-10;3-1-6-2(4)5;2-1-4-3;;;/h1-9H,10-11H2,(H,28,30);1-9H,10H2;1-9H,10,24H2;3-7,9,11H,8H2,1-2H3,(H,14,17)(H,15,16);1H2;1,3H;;;/q;;;;;;2*+1;-1/p-1. The number of thiophene rings is 6. The number of fused-ring (bicyclic) bond motifs is 5. The number of pyridine rings is 3. The van der Waals surface area contributed by atoms with E-state index < -0.39 is 82.4 Å². The smallest absolute Gasteiger partial charge is 1.00 e. The van der Waals surface area contributed by atoms with E-state index in [0.717, 1.165) is 101 Å². The van der Waals surface area contributed by atoms with Crippen LogP contribution >= 0.6 is 103 Å². The van der Waals surface area contributed by atoms with Crippen LogP contribution in [0, 0.1) is 5.92 Å². The summed E-state index contributed by atoms with van der Waals surface area (Å²) in [7, 11) is 0. The summed E-state index contributed by atoms with van der Waals surface area (Å²) in [5.74, 6) is -3.24. The molecule has 9 aromatic heterocycles. The maximum Gasteiger partial charge on any atom is 1.00 e. The Morgan fingerprint density at radius 3 is 1.47 bits per heavy atom. The first-order chi connectivity index (χ1) is 56.6. The maximum absolute atomic E-state index is 13.1. The summed E-state index contributed by atoms with van der Waals surface area (Å²) in [6.45, 7) is 3.38. The van der Waals surface area contributed by atoms with E-state index >= 15 is 0 Å². The molecule has 0 bridgehead atoms. The van der Waals surface area contributed by atoms with Crippen molar-refractivity contribution in [1.29, 1.82) is 0 Å². The van der Waals surface area contributed by atoms with Crippen LogP contribution in [0.5, 0.6) is 0 Å². The summed E-state index contributed by atoms with van der Waals surface area (Å²) in [4.78, 5) is 127. The predicted octanol–water partition coefficient (Wildman–Crippen LogP) is 15.2. The molecule has 0 spiro atoms. The number of aliphatic carboxylic acids is 1. The number of rotatable bonds is 19. The van der Waals surface area contributed by atoms with Crippen LogP contribution in [0.4, 0.5) is 71.0 Å². The number of nitrogens with one attached hydrogen (secondary N) is 2. The quantitative estimate of drug-likeness (QED) is 0.00672. The molecule has 22 nitrogen and oxygen atoms in total. The Kier molecular flexibility index (Phi) is 39.4. The average Bonchev–Trinajstić information content (AvgIpc) is 1.61. The second-order valence-electron chi connectivity index (χ2n) is 24.6. The van der Waals surface area contributed by atoms with Gasteiger partial charge in [0.15, 0.2) is 23.7 Å². The van der Waals surface area contributed by atoms with Gasteiger partial charge < -0.3 is 41.9 Å². The van der Waals surface area contributed by atoms with E-state index in [-0.39, 0.29) is 217 Å². The van der Waals surface area contributed by atoms with Gasteiger partial charge in [0.2, 0.25) is 5.91 Å². The molecule has 1 aliphatic heterocycles. The van der Waals surface area contributed by atoms with Crippen molar-refractivity contribution >= 4 is 204 Å². The monoisotopic (exact) mass is 2080 g/mol. The SMILES string of the molecule is CC(C)C(NC(=O)OCc1ccccc1)C(=O)O.Nc1c(C(=O)Cc2cccc(C(F)(F)F)c2)sc2nc(-c3cccs3)ccc12.O=C(Cl)OCCl.O=C(Nc1c(C(=O)Cc2cccc(C(F)(F)F)c2)sc2nc(-c3cccs3)ccc12)OCCl.O=C1Cc2c(sc3nc(-c4cccs4)ccc23)C(=O)N1c1cccc(C(F)(F)F)c1.O=CO[O-].[Cs+].[Cs+].[H-]. The first-order valence-corrected chi connectivity index (χ1v) is 40.5. The second kappa shape index (κ2) is 47.2. The number of alkyl halides is 11. The van der Waals surface area contributed by atoms with E-state index in [4.69, 9.17) is 53.6 Å². The fourth-order valence-electron chi connectivity index (χ4n) is 11.0. The van der Waals surface area contributed by atoms with Gasteiger partial charge in [0, 0.05) is 40.6 Å². The minimum Gasteiger partial charge on any atom is -1.00 e. The van der Waals surface area contributed by atoms with Crippen molar-refractivity contribution in [2.45, 2.75) is 64.3 Å². The fourth-order valence-corrected chi connectivity index (χ4v) is 16.6. The van der Waals surface area contributed by atoms with Gasteiger partial charge in [0.05, 0.1) is 86.5 Å². The Labute approximate surface area is 839 Å². The summed E-state index contributed by atoms with van der Waals surface area (Å²) in [6, 6.07) is 43.7. The van der Waals surface area contributed by atoms with Crippen molar-refractivity contribution in [3.8, 4) is 31.7 Å². The number of nitrogens with two attached hydrogens (primary N) is 1. The Balaban J connectivity index is 0.000000244. The number of hydrogen-bond acceptors (Lipinski definition) is 24. The third kappa shape index (κ3) is 28.4. The molecule has 14 rings (SSSR count). The van der Waals surface area contributed by atoms with Crippen LogP contribution < -0.4 is 164 Å². The predicted molar refractivity (Wildman–Crippen MR) is 437 cm³/mol. The molecule has 5 N–H and O–H groups in total. The second-order valence-corrected chi connectivity index (χ2v) is 31.2. The number of alkyl carbamates (subject to hydrolysis) is 1. The topological polar surface area (TPSA) is 326 Å². The van der Waals surface area contributed by atoms with E-state index in [1.54, 1.807) is 48.7 Å². The van der Waals surface area contributed by atoms with E-state index in [2.05, 4.69) is 46.8 Å². The van der Waals surface area contributed by atoms with Crippen molar-refractivity contribution in [1.82, 2.24) is 20.3 Å². The van der Waals surface area contributed by atoms with Gasteiger partial charge in [0.25, 0.3) is 12.4 Å². The van der Waals surface area contributed by atoms with Crippen LogP contribution in [0.25, 0.3) is 62.4 Å². The number of nitrogens with zero attached hydrogens (tertiary/aromatic N) is 4. The molecule has 10 heterocycles.